The van der Waals surface area contributed by atoms with Gasteiger partial charge in [-0.15, -0.1) is 11.3 Å². The van der Waals surface area contributed by atoms with Gasteiger partial charge < -0.3 is 10.1 Å². The highest BCUT2D eigenvalue weighted by Crippen LogP contribution is 2.29. The molecule has 1 aromatic carbocycles. The molecule has 0 atom stereocenters. The van der Waals surface area contributed by atoms with E-state index in [1.54, 1.807) is 18.4 Å². The van der Waals surface area contributed by atoms with Crippen LogP contribution in [0.5, 0.6) is 0 Å². The molecule has 2 rings (SSSR count). The van der Waals surface area contributed by atoms with Gasteiger partial charge in [-0.3, -0.25) is 0 Å². The predicted molar refractivity (Wildman–Crippen MR) is 80.6 cm³/mol. The molecular weight excluding hydrogens is 256 g/mol. The van der Waals surface area contributed by atoms with Crippen LogP contribution in [0, 0.1) is 13.8 Å². The van der Waals surface area contributed by atoms with Crippen molar-refractivity contribution in [2.24, 2.45) is 0 Å². The molecule has 0 radical (unpaired) electrons. The van der Waals surface area contributed by atoms with Gasteiger partial charge in [0.05, 0.1) is 12.3 Å². The van der Waals surface area contributed by atoms with Crippen LogP contribution >= 0.6 is 11.3 Å². The van der Waals surface area contributed by atoms with Gasteiger partial charge >= 0.3 is 0 Å². The molecule has 19 heavy (non-hydrogen) atoms. The molecule has 0 amide bonds. The number of rotatable bonds is 6. The fourth-order valence-electron chi connectivity index (χ4n) is 1.90. The van der Waals surface area contributed by atoms with Gasteiger partial charge in [0.2, 0.25) is 0 Å². The van der Waals surface area contributed by atoms with Crippen LogP contribution in [0.3, 0.4) is 0 Å². The van der Waals surface area contributed by atoms with E-state index in [2.05, 4.69) is 48.4 Å². The Morgan fingerprint density at radius 1 is 1.26 bits per heavy atom. The number of ether oxygens (including phenoxy) is 1. The summed E-state index contributed by atoms with van der Waals surface area (Å²) in [6.45, 7) is 6.67. The minimum Gasteiger partial charge on any atom is -0.383 e. The van der Waals surface area contributed by atoms with Crippen molar-refractivity contribution in [3.05, 3.63) is 40.4 Å². The molecule has 0 unspecified atom stereocenters. The highest BCUT2D eigenvalue weighted by molar-refractivity contribution is 7.15. The average Bonchev–Trinajstić information content (AvgIpc) is 2.77. The normalized spacial score (nSPS) is 10.9. The van der Waals surface area contributed by atoms with E-state index >= 15 is 0 Å². The Kier molecular flexibility index (Phi) is 5.07. The summed E-state index contributed by atoms with van der Waals surface area (Å²) in [4.78, 5) is 5.99. The van der Waals surface area contributed by atoms with Crippen LogP contribution in [-0.4, -0.2) is 25.2 Å². The average molecular weight is 276 g/mol. The van der Waals surface area contributed by atoms with E-state index in [0.29, 0.717) is 0 Å². The first-order valence-electron chi connectivity index (χ1n) is 6.44. The van der Waals surface area contributed by atoms with Gasteiger partial charge in [-0.2, -0.15) is 0 Å². The molecule has 4 heteroatoms. The third-order valence-corrected chi connectivity index (χ3v) is 4.23. The second kappa shape index (κ2) is 6.80. The number of nitrogens with one attached hydrogen (secondary N) is 1. The highest BCUT2D eigenvalue weighted by atomic mass is 32.1. The van der Waals surface area contributed by atoms with Crippen LogP contribution in [0.15, 0.2) is 24.3 Å². The third-order valence-electron chi connectivity index (χ3n) is 3.04. The highest BCUT2D eigenvalue weighted by Gasteiger charge is 2.10. The van der Waals surface area contributed by atoms with Crippen molar-refractivity contribution in [3.8, 4) is 10.6 Å². The second-order valence-corrected chi connectivity index (χ2v) is 5.60. The molecule has 2 aromatic rings. The number of aryl methyl sites for hydroxylation is 2. The Bertz CT molecular complexity index is 537. The lowest BCUT2D eigenvalue weighted by Crippen LogP contribution is -2.18. The smallest absolute Gasteiger partial charge is 0.124 e. The standard InChI is InChI=1S/C15H20N2OS/c1-11-6-4-5-7-13(11)15-17-12(2)14(19-15)10-16-8-9-18-3/h4-7,16H,8-10H2,1-3H3. The van der Waals surface area contributed by atoms with Crippen LogP contribution in [0.4, 0.5) is 0 Å². The molecule has 1 heterocycles. The number of hydrogen-bond acceptors (Lipinski definition) is 4. The molecule has 0 aliphatic carbocycles. The Hall–Kier alpha value is -1.23. The first kappa shape index (κ1) is 14.2. The van der Waals surface area contributed by atoms with E-state index in [1.165, 1.54) is 16.0 Å². The van der Waals surface area contributed by atoms with Crippen LogP contribution in [0.25, 0.3) is 10.6 Å². The van der Waals surface area contributed by atoms with E-state index in [1.807, 2.05) is 0 Å². The van der Waals surface area contributed by atoms with Crippen molar-refractivity contribution in [2.45, 2.75) is 20.4 Å². The summed E-state index contributed by atoms with van der Waals surface area (Å²) < 4.78 is 5.03. The first-order valence-corrected chi connectivity index (χ1v) is 7.26. The summed E-state index contributed by atoms with van der Waals surface area (Å²) in [5, 5.41) is 4.48. The lowest BCUT2D eigenvalue weighted by atomic mass is 10.1. The van der Waals surface area contributed by atoms with Crippen molar-refractivity contribution < 1.29 is 4.74 Å². The van der Waals surface area contributed by atoms with E-state index < -0.39 is 0 Å². The molecular formula is C15H20N2OS. The quantitative estimate of drug-likeness (QED) is 0.823. The van der Waals surface area contributed by atoms with E-state index in [9.17, 15) is 0 Å². The summed E-state index contributed by atoms with van der Waals surface area (Å²) in [6, 6.07) is 8.39. The topological polar surface area (TPSA) is 34.1 Å². The summed E-state index contributed by atoms with van der Waals surface area (Å²) in [7, 11) is 1.72. The van der Waals surface area contributed by atoms with Gasteiger partial charge in [0.1, 0.15) is 5.01 Å². The number of hydrogen-bond donors (Lipinski definition) is 1. The van der Waals surface area contributed by atoms with Crippen LogP contribution < -0.4 is 5.32 Å². The maximum atomic E-state index is 5.03. The zero-order valence-corrected chi connectivity index (χ0v) is 12.5. The maximum absolute atomic E-state index is 5.03. The van der Waals surface area contributed by atoms with Crippen molar-refractivity contribution in [3.63, 3.8) is 0 Å². The zero-order chi connectivity index (χ0) is 13.7. The molecule has 102 valence electrons. The van der Waals surface area contributed by atoms with E-state index in [-0.39, 0.29) is 0 Å². The monoisotopic (exact) mass is 276 g/mol. The second-order valence-electron chi connectivity index (χ2n) is 4.51. The van der Waals surface area contributed by atoms with Gasteiger partial charge in [0.15, 0.2) is 0 Å². The first-order chi connectivity index (χ1) is 9.22. The van der Waals surface area contributed by atoms with Gasteiger partial charge in [-0.05, 0) is 19.4 Å². The summed E-state index contributed by atoms with van der Waals surface area (Å²) in [5.74, 6) is 0. The van der Waals surface area contributed by atoms with Gasteiger partial charge in [-0.25, -0.2) is 4.98 Å². The largest absolute Gasteiger partial charge is 0.383 e. The molecule has 1 aromatic heterocycles. The Morgan fingerprint density at radius 3 is 2.79 bits per heavy atom. The minimum atomic E-state index is 0.739. The number of methoxy groups -OCH3 is 1. The summed E-state index contributed by atoms with van der Waals surface area (Å²) in [6.07, 6.45) is 0. The SMILES string of the molecule is COCCNCc1sc(-c2ccccc2C)nc1C. The lowest BCUT2D eigenvalue weighted by Gasteiger charge is -2.02. The molecule has 0 aliphatic heterocycles. The van der Waals surface area contributed by atoms with Crippen molar-refractivity contribution >= 4 is 11.3 Å². The van der Waals surface area contributed by atoms with Crippen LogP contribution in [0.2, 0.25) is 0 Å². The Balaban J connectivity index is 2.10. The van der Waals surface area contributed by atoms with E-state index in [4.69, 9.17) is 4.74 Å². The number of nitrogens with zero attached hydrogens (tertiary/aromatic N) is 1. The minimum absolute atomic E-state index is 0.739. The van der Waals surface area contributed by atoms with Crippen LogP contribution in [0.1, 0.15) is 16.1 Å². The fourth-order valence-corrected chi connectivity index (χ4v) is 3.02. The lowest BCUT2D eigenvalue weighted by molar-refractivity contribution is 0.199. The van der Waals surface area contributed by atoms with Crippen molar-refractivity contribution in [1.29, 1.82) is 0 Å². The van der Waals surface area contributed by atoms with Gasteiger partial charge in [0.25, 0.3) is 0 Å². The van der Waals surface area contributed by atoms with E-state index in [0.717, 1.165) is 30.4 Å². The van der Waals surface area contributed by atoms with Crippen LogP contribution in [-0.2, 0) is 11.3 Å². The third kappa shape index (κ3) is 3.62. The number of thiazole rings is 1. The van der Waals surface area contributed by atoms with Gasteiger partial charge in [0, 0.05) is 30.6 Å². The predicted octanol–water partition coefficient (Wildman–Crippen LogP) is 3.16. The Morgan fingerprint density at radius 2 is 2.05 bits per heavy atom. The molecule has 0 spiro atoms. The molecule has 1 N–H and O–H groups in total. The zero-order valence-electron chi connectivity index (χ0n) is 11.7. The molecule has 0 bridgehead atoms. The molecule has 0 saturated carbocycles. The van der Waals surface area contributed by atoms with Crippen molar-refractivity contribution in [1.82, 2.24) is 10.3 Å². The summed E-state index contributed by atoms with van der Waals surface area (Å²) >= 11 is 1.77. The molecule has 3 nitrogen and oxygen atoms in total. The Labute approximate surface area is 118 Å². The summed E-state index contributed by atoms with van der Waals surface area (Å²) in [5.41, 5.74) is 3.63. The number of benzene rings is 1. The molecule has 0 aliphatic rings. The maximum Gasteiger partial charge on any atom is 0.124 e. The molecule has 0 fully saturated rings. The molecule has 0 saturated heterocycles. The van der Waals surface area contributed by atoms with Gasteiger partial charge in [-0.1, -0.05) is 24.3 Å². The fraction of sp³-hybridized carbons (Fsp3) is 0.400. The number of aromatic nitrogens is 1. The van der Waals surface area contributed by atoms with Crippen molar-refractivity contribution in [2.75, 3.05) is 20.3 Å².